The van der Waals surface area contributed by atoms with Crippen LogP contribution in [-0.2, 0) is 18.9 Å². The third kappa shape index (κ3) is 5.73. The maximum absolute atomic E-state index is 5.86. The molecule has 2 fully saturated rings. The van der Waals surface area contributed by atoms with Gasteiger partial charge in [0.25, 0.3) is 0 Å². The van der Waals surface area contributed by atoms with Crippen LogP contribution in [0.2, 0.25) is 38.3 Å². The zero-order chi connectivity index (χ0) is 25.0. The molecule has 1 aromatic carbocycles. The van der Waals surface area contributed by atoms with Crippen LogP contribution in [0, 0.1) is 0 Å². The Morgan fingerprint density at radius 2 is 1.09 bits per heavy atom. The lowest BCUT2D eigenvalue weighted by molar-refractivity contribution is -0.253. The first-order valence-electron chi connectivity index (χ1n) is 13.5. The van der Waals surface area contributed by atoms with E-state index in [2.05, 4.69) is 64.3 Å². The summed E-state index contributed by atoms with van der Waals surface area (Å²) >= 11 is 0. The molecule has 0 spiro atoms. The highest BCUT2D eigenvalue weighted by Crippen LogP contribution is 2.37. The topological polar surface area (TPSA) is 36.9 Å². The monoisotopic (exact) mass is 506 g/mol. The van der Waals surface area contributed by atoms with Crippen molar-refractivity contribution in [3.05, 3.63) is 24.3 Å². The molecule has 0 N–H and O–H groups in total. The number of benzene rings is 1. The van der Waals surface area contributed by atoms with Crippen molar-refractivity contribution in [2.24, 2.45) is 0 Å². The van der Waals surface area contributed by atoms with Crippen molar-refractivity contribution in [2.45, 2.75) is 114 Å². The predicted octanol–water partition coefficient (Wildman–Crippen LogP) is 5.47. The van der Waals surface area contributed by atoms with Gasteiger partial charge in [-0.15, -0.1) is 0 Å². The Bertz CT molecular complexity index is 693. The van der Waals surface area contributed by atoms with Crippen LogP contribution in [0.5, 0.6) is 0 Å². The molecule has 0 amide bonds. The third-order valence-corrected chi connectivity index (χ3v) is 16.2. The van der Waals surface area contributed by atoms with Gasteiger partial charge in [-0.3, -0.25) is 0 Å². The van der Waals surface area contributed by atoms with E-state index in [1.165, 1.54) is 24.9 Å². The standard InChI is InChI=1S/C28H50O4Si2/c1-9-27(29-3)21-31-25(27)13-11-19-33(5,6)23-15-17-24(18-16-23)34(7,8)20-12-14-26-28(10-2,30-4)22-32-26/h15-18,25-26H,9-14,19-22H2,1-8H3. The first kappa shape index (κ1) is 28.1. The number of rotatable bonds is 14. The summed E-state index contributed by atoms with van der Waals surface area (Å²) in [6.07, 6.45) is 7.30. The summed E-state index contributed by atoms with van der Waals surface area (Å²) in [5, 5.41) is 3.17. The minimum atomic E-state index is -1.46. The van der Waals surface area contributed by atoms with Gasteiger partial charge in [-0.25, -0.2) is 0 Å². The highest BCUT2D eigenvalue weighted by molar-refractivity contribution is 6.91. The van der Waals surface area contributed by atoms with Crippen molar-refractivity contribution in [1.82, 2.24) is 0 Å². The van der Waals surface area contributed by atoms with Crippen LogP contribution in [0.1, 0.15) is 52.4 Å². The van der Waals surface area contributed by atoms with Crippen molar-refractivity contribution in [2.75, 3.05) is 27.4 Å². The fourth-order valence-corrected chi connectivity index (χ4v) is 10.8. The first-order chi connectivity index (χ1) is 16.1. The highest BCUT2D eigenvalue weighted by atomic mass is 28.3. The minimum absolute atomic E-state index is 0.0318. The molecule has 4 atom stereocenters. The molecule has 4 nitrogen and oxygen atoms in total. The zero-order valence-electron chi connectivity index (χ0n) is 23.2. The van der Waals surface area contributed by atoms with Crippen LogP contribution in [0.25, 0.3) is 0 Å². The van der Waals surface area contributed by atoms with Gasteiger partial charge in [-0.1, -0.05) is 99.6 Å². The SMILES string of the molecule is CCC1(OC)COC1CCC[Si](C)(C)c1ccc([Si](C)(C)CCCC2OCC2(CC)OC)cc1. The van der Waals surface area contributed by atoms with Gasteiger partial charge in [0.15, 0.2) is 0 Å². The largest absolute Gasteiger partial charge is 0.373 e. The Balaban J connectivity index is 1.49. The summed E-state index contributed by atoms with van der Waals surface area (Å²) in [4.78, 5) is 0. The molecule has 4 unspecified atom stereocenters. The Hall–Kier alpha value is -0.506. The van der Waals surface area contributed by atoms with Crippen molar-refractivity contribution in [1.29, 1.82) is 0 Å². The van der Waals surface area contributed by atoms with Crippen LogP contribution in [0.3, 0.4) is 0 Å². The summed E-state index contributed by atoms with van der Waals surface area (Å²) in [5.41, 5.74) is -0.0637. The van der Waals surface area contributed by atoms with E-state index in [1.807, 2.05) is 14.2 Å². The van der Waals surface area contributed by atoms with E-state index in [0.29, 0.717) is 0 Å². The van der Waals surface area contributed by atoms with Gasteiger partial charge in [-0.05, 0) is 25.7 Å². The quantitative estimate of drug-likeness (QED) is 0.314. The molecule has 3 rings (SSSR count). The molecule has 6 heteroatoms. The number of hydrogen-bond acceptors (Lipinski definition) is 4. The molecule has 2 heterocycles. The molecule has 194 valence electrons. The molecule has 0 aliphatic carbocycles. The number of hydrogen-bond donors (Lipinski definition) is 0. The number of ether oxygens (including phenoxy) is 4. The lowest BCUT2D eigenvalue weighted by Crippen LogP contribution is -2.59. The van der Waals surface area contributed by atoms with Gasteiger partial charge in [0.2, 0.25) is 0 Å². The molecule has 0 bridgehead atoms. The minimum Gasteiger partial charge on any atom is -0.373 e. The molecule has 1 aromatic rings. The lowest BCUT2D eigenvalue weighted by atomic mass is 9.86. The first-order valence-corrected chi connectivity index (χ1v) is 19.9. The molecule has 2 aliphatic rings. The Kier molecular flexibility index (Phi) is 9.30. The van der Waals surface area contributed by atoms with Gasteiger partial charge in [0.05, 0.1) is 41.6 Å². The Labute approximate surface area is 211 Å². The van der Waals surface area contributed by atoms with Crippen LogP contribution in [0.15, 0.2) is 24.3 Å². The van der Waals surface area contributed by atoms with Gasteiger partial charge in [0.1, 0.15) is 11.2 Å². The summed E-state index contributed by atoms with van der Waals surface area (Å²) in [5.74, 6) is 0. The predicted molar refractivity (Wildman–Crippen MR) is 148 cm³/mol. The Morgan fingerprint density at radius 1 is 0.735 bits per heavy atom. The fraction of sp³-hybridized carbons (Fsp3) is 0.786. The summed E-state index contributed by atoms with van der Waals surface area (Å²) in [7, 11) is 0.758. The molecule has 0 saturated carbocycles. The van der Waals surface area contributed by atoms with E-state index >= 15 is 0 Å². The van der Waals surface area contributed by atoms with Crippen LogP contribution < -0.4 is 10.4 Å². The average Bonchev–Trinajstić information content (AvgIpc) is 2.80. The van der Waals surface area contributed by atoms with Gasteiger partial charge in [-0.2, -0.15) is 0 Å². The van der Waals surface area contributed by atoms with E-state index in [0.717, 1.165) is 38.9 Å². The van der Waals surface area contributed by atoms with Crippen molar-refractivity contribution in [3.63, 3.8) is 0 Å². The molecule has 34 heavy (non-hydrogen) atoms. The lowest BCUT2D eigenvalue weighted by Gasteiger charge is -2.48. The van der Waals surface area contributed by atoms with Crippen molar-refractivity contribution >= 4 is 26.5 Å². The van der Waals surface area contributed by atoms with Gasteiger partial charge >= 0.3 is 0 Å². The van der Waals surface area contributed by atoms with E-state index < -0.39 is 16.1 Å². The van der Waals surface area contributed by atoms with E-state index in [9.17, 15) is 0 Å². The second-order valence-corrected chi connectivity index (χ2v) is 21.7. The second kappa shape index (κ2) is 11.3. The van der Waals surface area contributed by atoms with E-state index in [-0.39, 0.29) is 23.4 Å². The van der Waals surface area contributed by atoms with Crippen molar-refractivity contribution < 1.29 is 18.9 Å². The number of methoxy groups -OCH3 is 2. The van der Waals surface area contributed by atoms with Gasteiger partial charge < -0.3 is 18.9 Å². The zero-order valence-corrected chi connectivity index (χ0v) is 25.2. The highest BCUT2D eigenvalue weighted by Gasteiger charge is 2.48. The summed E-state index contributed by atoms with van der Waals surface area (Å²) in [6.45, 7) is 16.0. The fourth-order valence-electron chi connectivity index (χ4n) is 5.92. The summed E-state index contributed by atoms with van der Waals surface area (Å²) in [6, 6.07) is 12.4. The van der Waals surface area contributed by atoms with Crippen LogP contribution in [0.4, 0.5) is 0 Å². The smallest absolute Gasteiger partial charge is 0.117 e. The normalized spacial score (nSPS) is 29.5. The molecular weight excluding hydrogens is 456 g/mol. The molecule has 0 aromatic heterocycles. The van der Waals surface area contributed by atoms with E-state index in [1.54, 1.807) is 10.4 Å². The van der Waals surface area contributed by atoms with Crippen LogP contribution >= 0.6 is 0 Å². The maximum Gasteiger partial charge on any atom is 0.117 e. The molecule has 2 aliphatic heterocycles. The molecule has 2 saturated heterocycles. The van der Waals surface area contributed by atoms with E-state index in [4.69, 9.17) is 18.9 Å². The third-order valence-electron chi connectivity index (χ3n) is 9.23. The van der Waals surface area contributed by atoms with Gasteiger partial charge in [0, 0.05) is 14.2 Å². The van der Waals surface area contributed by atoms with Crippen LogP contribution in [-0.4, -0.2) is 67.0 Å². The Morgan fingerprint density at radius 3 is 1.32 bits per heavy atom. The molecular formula is C28H50O4Si2. The van der Waals surface area contributed by atoms with Crippen molar-refractivity contribution in [3.8, 4) is 0 Å². The maximum atomic E-state index is 5.86. The second-order valence-electron chi connectivity index (χ2n) is 12.0. The summed E-state index contributed by atoms with van der Waals surface area (Å²) < 4.78 is 23.3. The average molecular weight is 507 g/mol. The molecule has 0 radical (unpaired) electrons.